The summed E-state index contributed by atoms with van der Waals surface area (Å²) in [5.41, 5.74) is 0.662. The van der Waals surface area contributed by atoms with E-state index >= 15 is 0 Å². The van der Waals surface area contributed by atoms with Crippen LogP contribution in [0.15, 0.2) is 18.2 Å². The molecule has 5 nitrogen and oxygen atoms in total. The summed E-state index contributed by atoms with van der Waals surface area (Å²) in [6.45, 7) is 9.19. The first kappa shape index (κ1) is 17.0. The molecule has 0 aliphatic heterocycles. The first-order chi connectivity index (χ1) is 9.68. The lowest BCUT2D eigenvalue weighted by Gasteiger charge is -2.23. The van der Waals surface area contributed by atoms with E-state index in [4.69, 9.17) is 9.47 Å². The average Bonchev–Trinajstić information content (AvgIpc) is 2.39. The minimum Gasteiger partial charge on any atom is -0.449 e. The van der Waals surface area contributed by atoms with Gasteiger partial charge in [0.25, 0.3) is 0 Å². The number of rotatable bonds is 3. The van der Waals surface area contributed by atoms with Crippen LogP contribution in [0, 0.1) is 12.3 Å². The molecular formula is C16H23NO4. The molecule has 0 aliphatic rings. The molecule has 1 aromatic rings. The number of ether oxygens (including phenoxy) is 2. The SMILES string of the molecule is CCOC(=O)N(C)c1cccc(C)c1OC(=O)C(C)(C)C. The van der Waals surface area contributed by atoms with Gasteiger partial charge in [0, 0.05) is 7.05 Å². The van der Waals surface area contributed by atoms with Crippen LogP contribution in [0.4, 0.5) is 10.5 Å². The van der Waals surface area contributed by atoms with Crippen molar-refractivity contribution < 1.29 is 19.1 Å². The van der Waals surface area contributed by atoms with Crippen molar-refractivity contribution in [2.24, 2.45) is 5.41 Å². The predicted molar refractivity (Wildman–Crippen MR) is 81.7 cm³/mol. The molecule has 1 aromatic carbocycles. The lowest BCUT2D eigenvalue weighted by molar-refractivity contribution is -0.143. The first-order valence-corrected chi connectivity index (χ1v) is 6.90. The highest BCUT2D eigenvalue weighted by Crippen LogP contribution is 2.33. The standard InChI is InChI=1S/C16H23NO4/c1-7-20-15(19)17(6)12-10-8-9-11(2)13(12)21-14(18)16(3,4)5/h8-10H,7H2,1-6H3. The monoisotopic (exact) mass is 293 g/mol. The zero-order valence-electron chi connectivity index (χ0n) is 13.5. The maximum Gasteiger partial charge on any atom is 0.414 e. The van der Waals surface area contributed by atoms with Crippen molar-refractivity contribution in [2.75, 3.05) is 18.6 Å². The highest BCUT2D eigenvalue weighted by atomic mass is 16.6. The minimum atomic E-state index is -0.623. The molecule has 0 unspecified atom stereocenters. The Morgan fingerprint density at radius 1 is 1.24 bits per heavy atom. The number of esters is 1. The van der Waals surface area contributed by atoms with E-state index in [-0.39, 0.29) is 12.6 Å². The van der Waals surface area contributed by atoms with E-state index in [1.807, 2.05) is 13.0 Å². The Hall–Kier alpha value is -2.04. The summed E-state index contributed by atoms with van der Waals surface area (Å²) < 4.78 is 10.5. The van der Waals surface area contributed by atoms with Gasteiger partial charge < -0.3 is 9.47 Å². The largest absolute Gasteiger partial charge is 0.449 e. The molecule has 0 heterocycles. The molecule has 0 radical (unpaired) electrons. The number of amides is 1. The van der Waals surface area contributed by atoms with Gasteiger partial charge in [0.15, 0.2) is 5.75 Å². The Labute approximate surface area is 125 Å². The Morgan fingerprint density at radius 3 is 2.38 bits per heavy atom. The number of aryl methyl sites for hydroxylation is 1. The third-order valence-corrected chi connectivity index (χ3v) is 2.90. The van der Waals surface area contributed by atoms with Crippen molar-refractivity contribution in [3.63, 3.8) is 0 Å². The minimum absolute atomic E-state index is 0.284. The van der Waals surface area contributed by atoms with Crippen molar-refractivity contribution in [3.05, 3.63) is 23.8 Å². The van der Waals surface area contributed by atoms with Crippen LogP contribution < -0.4 is 9.64 Å². The number of para-hydroxylation sites is 1. The van der Waals surface area contributed by atoms with Gasteiger partial charge in [0.05, 0.1) is 17.7 Å². The van der Waals surface area contributed by atoms with Crippen molar-refractivity contribution >= 4 is 17.7 Å². The number of hydrogen-bond acceptors (Lipinski definition) is 4. The van der Waals surface area contributed by atoms with Crippen molar-refractivity contribution in [2.45, 2.75) is 34.6 Å². The zero-order chi connectivity index (χ0) is 16.2. The predicted octanol–water partition coefficient (Wildman–Crippen LogP) is 3.54. The molecule has 116 valence electrons. The Kier molecular flexibility index (Phi) is 5.35. The molecule has 21 heavy (non-hydrogen) atoms. The molecule has 0 atom stereocenters. The molecule has 0 N–H and O–H groups in total. The summed E-state index contributed by atoms with van der Waals surface area (Å²) in [5, 5.41) is 0. The highest BCUT2D eigenvalue weighted by Gasteiger charge is 2.27. The number of anilines is 1. The van der Waals surface area contributed by atoms with E-state index in [0.717, 1.165) is 5.56 Å². The Balaban J connectivity index is 3.15. The summed E-state index contributed by atoms with van der Waals surface area (Å²) in [4.78, 5) is 25.3. The first-order valence-electron chi connectivity index (χ1n) is 6.90. The van der Waals surface area contributed by atoms with E-state index in [2.05, 4.69) is 0 Å². The molecule has 1 amide bonds. The van der Waals surface area contributed by atoms with Gasteiger partial charge in [-0.1, -0.05) is 12.1 Å². The van der Waals surface area contributed by atoms with Gasteiger partial charge in [-0.2, -0.15) is 0 Å². The van der Waals surface area contributed by atoms with Crippen molar-refractivity contribution in [1.82, 2.24) is 0 Å². The van der Waals surface area contributed by atoms with Crippen LogP contribution in [0.5, 0.6) is 5.75 Å². The van der Waals surface area contributed by atoms with Crippen LogP contribution in [0.3, 0.4) is 0 Å². The number of carbonyl (C=O) groups excluding carboxylic acids is 2. The molecule has 0 aromatic heterocycles. The quantitative estimate of drug-likeness (QED) is 0.632. The number of carbonyl (C=O) groups is 2. The molecule has 5 heteroatoms. The van der Waals surface area contributed by atoms with E-state index in [1.54, 1.807) is 46.9 Å². The molecule has 0 aliphatic carbocycles. The van der Waals surface area contributed by atoms with Crippen molar-refractivity contribution in [3.8, 4) is 5.75 Å². The third-order valence-electron chi connectivity index (χ3n) is 2.90. The second kappa shape index (κ2) is 6.61. The zero-order valence-corrected chi connectivity index (χ0v) is 13.5. The average molecular weight is 293 g/mol. The molecule has 0 fully saturated rings. The van der Waals surface area contributed by atoms with Gasteiger partial charge >= 0.3 is 12.1 Å². The van der Waals surface area contributed by atoms with Crippen LogP contribution >= 0.6 is 0 Å². The van der Waals surface area contributed by atoms with Gasteiger partial charge in [-0.25, -0.2) is 4.79 Å². The van der Waals surface area contributed by atoms with E-state index in [9.17, 15) is 9.59 Å². The normalized spacial score (nSPS) is 11.0. The van der Waals surface area contributed by atoms with Crippen LogP contribution in [-0.2, 0) is 9.53 Å². The van der Waals surface area contributed by atoms with Gasteiger partial charge in [-0.15, -0.1) is 0 Å². The van der Waals surface area contributed by atoms with Crippen LogP contribution in [0.2, 0.25) is 0 Å². The lowest BCUT2D eigenvalue weighted by atomic mass is 9.97. The van der Waals surface area contributed by atoms with E-state index in [1.165, 1.54) is 4.90 Å². The number of hydrogen-bond donors (Lipinski definition) is 0. The summed E-state index contributed by atoms with van der Waals surface area (Å²) in [7, 11) is 1.58. The Morgan fingerprint density at radius 2 is 1.86 bits per heavy atom. The number of benzene rings is 1. The molecule has 0 saturated heterocycles. The van der Waals surface area contributed by atoms with Gasteiger partial charge in [0.2, 0.25) is 0 Å². The second-order valence-electron chi connectivity index (χ2n) is 5.82. The second-order valence-corrected chi connectivity index (χ2v) is 5.82. The van der Waals surface area contributed by atoms with Crippen molar-refractivity contribution in [1.29, 1.82) is 0 Å². The summed E-state index contributed by atoms with van der Waals surface area (Å²) in [6, 6.07) is 5.35. The third kappa shape index (κ3) is 4.21. The molecule has 0 bridgehead atoms. The fourth-order valence-corrected chi connectivity index (χ4v) is 1.60. The molecule has 1 rings (SSSR count). The summed E-state index contributed by atoms with van der Waals surface area (Å²) in [6.07, 6.45) is -0.490. The smallest absolute Gasteiger partial charge is 0.414 e. The van der Waals surface area contributed by atoms with Gasteiger partial charge in [-0.3, -0.25) is 9.69 Å². The van der Waals surface area contributed by atoms with Gasteiger partial charge in [-0.05, 0) is 46.2 Å². The van der Waals surface area contributed by atoms with Crippen LogP contribution in [0.1, 0.15) is 33.3 Å². The maximum absolute atomic E-state index is 12.1. The van der Waals surface area contributed by atoms with E-state index < -0.39 is 11.5 Å². The fourth-order valence-electron chi connectivity index (χ4n) is 1.60. The summed E-state index contributed by atoms with van der Waals surface area (Å²) >= 11 is 0. The molecule has 0 spiro atoms. The highest BCUT2D eigenvalue weighted by molar-refractivity contribution is 5.90. The summed E-state index contributed by atoms with van der Waals surface area (Å²) in [5.74, 6) is 0.0308. The van der Waals surface area contributed by atoms with Gasteiger partial charge in [0.1, 0.15) is 0 Å². The van der Waals surface area contributed by atoms with Crippen LogP contribution in [0.25, 0.3) is 0 Å². The topological polar surface area (TPSA) is 55.8 Å². The fraction of sp³-hybridized carbons (Fsp3) is 0.500. The maximum atomic E-state index is 12.1. The number of nitrogens with zero attached hydrogens (tertiary/aromatic N) is 1. The molecular weight excluding hydrogens is 270 g/mol. The van der Waals surface area contributed by atoms with E-state index in [0.29, 0.717) is 11.4 Å². The van der Waals surface area contributed by atoms with Crippen LogP contribution in [-0.4, -0.2) is 25.7 Å². The Bertz CT molecular complexity index is 532. The molecule has 0 saturated carbocycles. The lowest BCUT2D eigenvalue weighted by Crippen LogP contribution is -2.30.